The van der Waals surface area contributed by atoms with Crippen LogP contribution in [-0.2, 0) is 29.1 Å². The van der Waals surface area contributed by atoms with Gasteiger partial charge in [0.2, 0.25) is 5.89 Å². The van der Waals surface area contributed by atoms with Crippen molar-refractivity contribution in [2.24, 2.45) is 0 Å². The Bertz CT molecular complexity index is 1010. The van der Waals surface area contributed by atoms with Crippen LogP contribution in [0.4, 0.5) is 4.39 Å². The predicted molar refractivity (Wildman–Crippen MR) is 121 cm³/mol. The lowest BCUT2D eigenvalue weighted by Gasteiger charge is -2.30. The zero-order valence-corrected chi connectivity index (χ0v) is 19.1. The number of oxazole rings is 1. The first-order chi connectivity index (χ1) is 15.3. The molecule has 0 radical (unpaired) electrons. The van der Waals surface area contributed by atoms with Gasteiger partial charge in [-0.05, 0) is 33.3 Å². The molecule has 1 aliphatic heterocycles. The Hall–Kier alpha value is -2.77. The van der Waals surface area contributed by atoms with Crippen molar-refractivity contribution in [3.05, 3.63) is 70.7 Å². The Labute approximate surface area is 188 Å². The zero-order chi connectivity index (χ0) is 23.3. The molecule has 0 spiro atoms. The molecule has 32 heavy (non-hydrogen) atoms. The molecule has 1 aromatic carbocycles. The van der Waals surface area contributed by atoms with Crippen molar-refractivity contribution in [3.63, 3.8) is 0 Å². The zero-order valence-electron chi connectivity index (χ0n) is 19.1. The van der Waals surface area contributed by atoms with E-state index >= 15 is 0 Å². The van der Waals surface area contributed by atoms with Gasteiger partial charge in [-0.2, -0.15) is 0 Å². The van der Waals surface area contributed by atoms with Gasteiger partial charge in [0, 0.05) is 36.7 Å². The van der Waals surface area contributed by atoms with Gasteiger partial charge in [0.15, 0.2) is 0 Å². The molecule has 1 aromatic heterocycles. The first kappa shape index (κ1) is 23.9. The fourth-order valence-corrected chi connectivity index (χ4v) is 3.73. The van der Waals surface area contributed by atoms with Gasteiger partial charge < -0.3 is 14.3 Å². The number of hydrogen-bond acceptors (Lipinski definition) is 5. The quantitative estimate of drug-likeness (QED) is 0.556. The van der Waals surface area contributed by atoms with Gasteiger partial charge in [-0.1, -0.05) is 36.4 Å². The average molecular weight is 443 g/mol. The number of halogens is 1. The molecule has 0 fully saturated rings. The molecule has 6 nitrogen and oxygen atoms in total. The second-order valence-electron chi connectivity index (χ2n) is 8.22. The average Bonchev–Trinajstić information content (AvgIpc) is 3.17. The normalized spacial score (nSPS) is 16.8. The summed E-state index contributed by atoms with van der Waals surface area (Å²) in [4.78, 5) is 17.8. The third-order valence-electron chi connectivity index (χ3n) is 5.73. The number of aryl methyl sites for hydroxylation is 1. The van der Waals surface area contributed by atoms with Crippen molar-refractivity contribution in [1.29, 1.82) is 0 Å². The van der Waals surface area contributed by atoms with Gasteiger partial charge in [-0.3, -0.25) is 9.69 Å². The Morgan fingerprint density at radius 1 is 1.41 bits per heavy atom. The van der Waals surface area contributed by atoms with Crippen LogP contribution in [0.1, 0.15) is 55.7 Å². The highest BCUT2D eigenvalue weighted by Crippen LogP contribution is 2.26. The van der Waals surface area contributed by atoms with Gasteiger partial charge in [0.05, 0.1) is 24.8 Å². The SMILES string of the molecule is C/C=C(\C=C/C(C)OCc1cccc(C)c1F)c1nc2c(o1)CCN(C(C)CC(=O)O)C2. The molecule has 3 rings (SSSR count). The Morgan fingerprint density at radius 2 is 2.19 bits per heavy atom. The molecule has 2 aromatic rings. The molecular formula is C25H31FN2O4. The number of aliphatic carboxylic acids is 1. The fourth-order valence-electron chi connectivity index (χ4n) is 3.73. The van der Waals surface area contributed by atoms with E-state index < -0.39 is 5.97 Å². The largest absolute Gasteiger partial charge is 0.481 e. The van der Waals surface area contributed by atoms with Gasteiger partial charge in [-0.25, -0.2) is 9.37 Å². The summed E-state index contributed by atoms with van der Waals surface area (Å²) >= 11 is 0. The van der Waals surface area contributed by atoms with Crippen molar-refractivity contribution in [2.75, 3.05) is 6.54 Å². The number of carbonyl (C=O) groups is 1. The highest BCUT2D eigenvalue weighted by molar-refractivity contribution is 5.68. The van der Waals surface area contributed by atoms with E-state index in [9.17, 15) is 9.18 Å². The molecule has 0 aliphatic carbocycles. The fraction of sp³-hybridized carbons (Fsp3) is 0.440. The Balaban J connectivity index is 1.61. The van der Waals surface area contributed by atoms with Crippen molar-refractivity contribution in [1.82, 2.24) is 9.88 Å². The lowest BCUT2D eigenvalue weighted by atomic mass is 10.1. The maximum absolute atomic E-state index is 14.1. The van der Waals surface area contributed by atoms with Crippen LogP contribution < -0.4 is 0 Å². The van der Waals surface area contributed by atoms with Crippen molar-refractivity contribution >= 4 is 11.5 Å². The van der Waals surface area contributed by atoms with E-state index in [4.69, 9.17) is 14.3 Å². The van der Waals surface area contributed by atoms with Gasteiger partial charge >= 0.3 is 5.97 Å². The summed E-state index contributed by atoms with van der Waals surface area (Å²) in [6.07, 6.45) is 6.31. The number of carboxylic acids is 1. The summed E-state index contributed by atoms with van der Waals surface area (Å²) in [5, 5.41) is 9.05. The third-order valence-corrected chi connectivity index (χ3v) is 5.73. The van der Waals surface area contributed by atoms with E-state index in [-0.39, 0.29) is 31.0 Å². The van der Waals surface area contributed by atoms with Crippen LogP contribution in [0.25, 0.3) is 5.57 Å². The number of rotatable bonds is 9. The molecule has 0 bridgehead atoms. The Morgan fingerprint density at radius 3 is 2.91 bits per heavy atom. The van der Waals surface area contributed by atoms with Crippen LogP contribution in [0.3, 0.4) is 0 Å². The van der Waals surface area contributed by atoms with Crippen LogP contribution >= 0.6 is 0 Å². The molecule has 2 atom stereocenters. The summed E-state index contributed by atoms with van der Waals surface area (Å²) in [5.74, 6) is 0.367. The molecule has 7 heteroatoms. The van der Waals surface area contributed by atoms with Crippen LogP contribution in [0.2, 0.25) is 0 Å². The van der Waals surface area contributed by atoms with Gasteiger partial charge in [0.25, 0.3) is 0 Å². The number of hydrogen-bond donors (Lipinski definition) is 1. The van der Waals surface area contributed by atoms with Crippen molar-refractivity contribution in [2.45, 2.75) is 65.8 Å². The molecule has 2 heterocycles. The summed E-state index contributed by atoms with van der Waals surface area (Å²) in [6.45, 7) is 9.00. The van der Waals surface area contributed by atoms with Crippen LogP contribution in [0.15, 0.2) is 40.8 Å². The monoisotopic (exact) mass is 442 g/mol. The molecule has 0 amide bonds. The van der Waals surface area contributed by atoms with Crippen molar-refractivity contribution < 1.29 is 23.4 Å². The molecule has 2 unspecified atom stereocenters. The van der Waals surface area contributed by atoms with E-state index in [1.165, 1.54) is 0 Å². The standard InChI is InChI=1S/C25H31FN2O4/c1-5-19(10-9-18(4)31-15-20-8-6-7-16(2)24(20)26)25-27-21-14-28(12-11-22(21)32-25)17(3)13-23(29)30/h5-10,17-18H,11-15H2,1-4H3,(H,29,30)/b10-9-,19-5+. The molecule has 0 saturated heterocycles. The Kier molecular flexibility index (Phi) is 7.99. The first-order valence-corrected chi connectivity index (χ1v) is 10.9. The maximum Gasteiger partial charge on any atom is 0.304 e. The summed E-state index contributed by atoms with van der Waals surface area (Å²) in [7, 11) is 0. The molecule has 0 saturated carbocycles. The number of benzene rings is 1. The summed E-state index contributed by atoms with van der Waals surface area (Å²) < 4.78 is 25.9. The number of ether oxygens (including phenoxy) is 1. The topological polar surface area (TPSA) is 75.8 Å². The van der Waals surface area contributed by atoms with Gasteiger partial charge in [-0.15, -0.1) is 0 Å². The van der Waals surface area contributed by atoms with E-state index in [2.05, 4.69) is 9.88 Å². The van der Waals surface area contributed by atoms with E-state index in [0.717, 1.165) is 23.6 Å². The molecule has 172 valence electrons. The minimum atomic E-state index is -0.799. The number of allylic oxidation sites excluding steroid dienone is 3. The van der Waals surface area contributed by atoms with Crippen LogP contribution in [0.5, 0.6) is 0 Å². The van der Waals surface area contributed by atoms with E-state index in [0.29, 0.717) is 30.0 Å². The number of aromatic nitrogens is 1. The number of nitrogens with zero attached hydrogens (tertiary/aromatic N) is 2. The maximum atomic E-state index is 14.1. The van der Waals surface area contributed by atoms with Gasteiger partial charge in [0.1, 0.15) is 11.6 Å². The lowest BCUT2D eigenvalue weighted by Crippen LogP contribution is -2.38. The minimum absolute atomic E-state index is 0.0573. The second-order valence-corrected chi connectivity index (χ2v) is 8.22. The molecular weight excluding hydrogens is 411 g/mol. The number of fused-ring (bicyclic) bond motifs is 1. The lowest BCUT2D eigenvalue weighted by molar-refractivity contribution is -0.138. The minimum Gasteiger partial charge on any atom is -0.481 e. The molecule has 1 aliphatic rings. The molecule has 1 N–H and O–H groups in total. The number of carboxylic acid groups (broad SMARTS) is 1. The van der Waals surface area contributed by atoms with Crippen LogP contribution in [-0.4, -0.2) is 39.7 Å². The van der Waals surface area contributed by atoms with E-state index in [1.807, 2.05) is 45.1 Å². The third kappa shape index (κ3) is 5.93. The van der Waals surface area contributed by atoms with E-state index in [1.54, 1.807) is 19.1 Å². The summed E-state index contributed by atoms with van der Waals surface area (Å²) in [6, 6.07) is 5.23. The van der Waals surface area contributed by atoms with Crippen molar-refractivity contribution in [3.8, 4) is 0 Å². The first-order valence-electron chi connectivity index (χ1n) is 10.9. The van der Waals surface area contributed by atoms with Crippen LogP contribution in [0, 0.1) is 12.7 Å². The summed E-state index contributed by atoms with van der Waals surface area (Å²) in [5.41, 5.74) is 2.84. The smallest absolute Gasteiger partial charge is 0.304 e. The predicted octanol–water partition coefficient (Wildman–Crippen LogP) is 4.91. The second kappa shape index (κ2) is 10.7. The highest BCUT2D eigenvalue weighted by atomic mass is 19.1. The highest BCUT2D eigenvalue weighted by Gasteiger charge is 2.26.